The van der Waals surface area contributed by atoms with Crippen LogP contribution in [0.15, 0.2) is 17.1 Å². The van der Waals surface area contributed by atoms with E-state index in [0.29, 0.717) is 6.07 Å². The van der Waals surface area contributed by atoms with Crippen molar-refractivity contribution >= 4 is 40.6 Å². The van der Waals surface area contributed by atoms with Gasteiger partial charge in [-0.05, 0) is 41.0 Å². The first-order valence-electron chi connectivity index (χ1n) is 8.02. The number of carbonyl (C=O) groups is 2. The van der Waals surface area contributed by atoms with Crippen LogP contribution < -0.4 is 0 Å². The Labute approximate surface area is 165 Å². The van der Waals surface area contributed by atoms with Gasteiger partial charge in [0.25, 0.3) is 0 Å². The van der Waals surface area contributed by atoms with Crippen molar-refractivity contribution in [3.05, 3.63) is 32.9 Å². The maximum absolute atomic E-state index is 14.0. The monoisotopic (exact) mass is 481 g/mol. The first kappa shape index (κ1) is 22.6. The molecule has 0 radical (unpaired) electrons. The first-order chi connectivity index (χ1) is 12.0. The smallest absolute Gasteiger partial charge is 0.322 e. The van der Waals surface area contributed by atoms with Crippen LogP contribution in [0.5, 0.6) is 0 Å². The van der Waals surface area contributed by atoms with E-state index in [1.54, 1.807) is 29.5 Å². The van der Waals surface area contributed by atoms with E-state index >= 15 is 0 Å². The van der Waals surface area contributed by atoms with Crippen molar-refractivity contribution in [2.75, 3.05) is 13.2 Å². The predicted octanol–water partition coefficient (Wildman–Crippen LogP) is 3.41. The third-order valence-electron chi connectivity index (χ3n) is 3.69. The van der Waals surface area contributed by atoms with Gasteiger partial charge in [-0.15, -0.1) is 0 Å². The Hall–Kier alpha value is -1.42. The molecule has 8 heteroatoms. The number of ketones is 1. The van der Waals surface area contributed by atoms with Gasteiger partial charge in [0.1, 0.15) is 11.6 Å². The molecule has 1 aromatic carbocycles. The lowest BCUT2D eigenvalue weighted by molar-refractivity contribution is -0.144. The second kappa shape index (κ2) is 9.50. The van der Waals surface area contributed by atoms with E-state index in [9.17, 15) is 23.5 Å². The van der Waals surface area contributed by atoms with Gasteiger partial charge in [0, 0.05) is 15.9 Å². The Morgan fingerprint density at radius 1 is 1.31 bits per heavy atom. The number of nitrogens with zero attached hydrogens (tertiary/aromatic N) is 1. The fraction of sp³-hybridized carbons (Fsp3) is 0.500. The van der Waals surface area contributed by atoms with Gasteiger partial charge in [-0.25, -0.2) is 8.78 Å². The summed E-state index contributed by atoms with van der Waals surface area (Å²) in [6.45, 7) is 6.84. The third-order valence-corrected chi connectivity index (χ3v) is 4.51. The Kier molecular flexibility index (Phi) is 8.26. The molecule has 2 atom stereocenters. The standard InChI is InChI=1S/C18H22F2INO4/c1-5-26-17(25)11(8-22-15(9-23)18(2,3)4)16(24)10-6-14(21)13(20)7-12(10)19/h6-8,11,15,23H,5,9H2,1-4H3/t11?,15-/m1/s1. The summed E-state index contributed by atoms with van der Waals surface area (Å²) in [4.78, 5) is 29.0. The van der Waals surface area contributed by atoms with Crippen LogP contribution in [0, 0.1) is 26.5 Å². The highest BCUT2D eigenvalue weighted by Crippen LogP contribution is 2.23. The van der Waals surface area contributed by atoms with Crippen LogP contribution in [0.3, 0.4) is 0 Å². The molecule has 0 aliphatic rings. The molecular weight excluding hydrogens is 459 g/mol. The molecule has 0 aliphatic heterocycles. The molecule has 1 N–H and O–H groups in total. The number of ether oxygens (including phenoxy) is 1. The van der Waals surface area contributed by atoms with Crippen molar-refractivity contribution in [1.29, 1.82) is 0 Å². The van der Waals surface area contributed by atoms with Crippen molar-refractivity contribution in [2.45, 2.75) is 33.7 Å². The zero-order valence-corrected chi connectivity index (χ0v) is 17.2. The highest BCUT2D eigenvalue weighted by molar-refractivity contribution is 14.1. The van der Waals surface area contributed by atoms with Crippen LogP contribution in [0.1, 0.15) is 38.1 Å². The van der Waals surface area contributed by atoms with Gasteiger partial charge in [0.05, 0.1) is 24.8 Å². The Morgan fingerprint density at radius 2 is 1.92 bits per heavy atom. The van der Waals surface area contributed by atoms with Gasteiger partial charge in [-0.1, -0.05) is 20.8 Å². The van der Waals surface area contributed by atoms with Crippen LogP contribution in [-0.2, 0) is 9.53 Å². The SMILES string of the molecule is CCOC(=O)C(C=N[C@H](CO)C(C)(C)C)C(=O)c1cc(I)c(F)cc1F. The fourth-order valence-electron chi connectivity index (χ4n) is 2.08. The highest BCUT2D eigenvalue weighted by atomic mass is 127. The molecule has 0 saturated carbocycles. The summed E-state index contributed by atoms with van der Waals surface area (Å²) in [7, 11) is 0. The van der Waals surface area contributed by atoms with E-state index in [2.05, 4.69) is 4.99 Å². The average Bonchev–Trinajstić information content (AvgIpc) is 2.53. The second-order valence-corrected chi connectivity index (χ2v) is 7.86. The minimum Gasteiger partial charge on any atom is -0.465 e. The molecule has 0 spiro atoms. The number of esters is 1. The lowest BCUT2D eigenvalue weighted by Gasteiger charge is -2.25. The summed E-state index contributed by atoms with van der Waals surface area (Å²) >= 11 is 1.63. The van der Waals surface area contributed by atoms with E-state index in [-0.39, 0.29) is 16.8 Å². The molecule has 144 valence electrons. The van der Waals surface area contributed by atoms with Gasteiger partial charge in [-0.2, -0.15) is 0 Å². The van der Waals surface area contributed by atoms with Crippen LogP contribution >= 0.6 is 22.6 Å². The molecule has 0 aromatic heterocycles. The average molecular weight is 481 g/mol. The van der Waals surface area contributed by atoms with Gasteiger partial charge in [-0.3, -0.25) is 14.6 Å². The molecule has 0 aliphatic carbocycles. The third kappa shape index (κ3) is 5.80. The predicted molar refractivity (Wildman–Crippen MR) is 102 cm³/mol. The molecule has 1 aromatic rings. The summed E-state index contributed by atoms with van der Waals surface area (Å²) < 4.78 is 32.4. The molecule has 5 nitrogen and oxygen atoms in total. The summed E-state index contributed by atoms with van der Waals surface area (Å²) in [5.41, 5.74) is -0.832. The number of hydrogen-bond acceptors (Lipinski definition) is 5. The van der Waals surface area contributed by atoms with E-state index in [0.717, 1.165) is 12.3 Å². The zero-order valence-electron chi connectivity index (χ0n) is 15.1. The number of halogens is 3. The van der Waals surface area contributed by atoms with Gasteiger partial charge in [0.2, 0.25) is 0 Å². The number of aliphatic hydroxyl groups is 1. The van der Waals surface area contributed by atoms with Crippen molar-refractivity contribution in [3.63, 3.8) is 0 Å². The number of rotatable bonds is 7. The summed E-state index contributed by atoms with van der Waals surface area (Å²) in [5, 5.41) is 9.47. The van der Waals surface area contributed by atoms with Crippen LogP contribution in [0.2, 0.25) is 0 Å². The van der Waals surface area contributed by atoms with Crippen LogP contribution in [0.4, 0.5) is 8.78 Å². The fourth-order valence-corrected chi connectivity index (χ4v) is 2.55. The van der Waals surface area contributed by atoms with Gasteiger partial charge >= 0.3 is 5.97 Å². The minimum absolute atomic E-state index is 0.0303. The topological polar surface area (TPSA) is 76.0 Å². The van der Waals surface area contributed by atoms with Crippen LogP contribution in [0.25, 0.3) is 0 Å². The van der Waals surface area contributed by atoms with Crippen molar-refractivity contribution < 1.29 is 28.2 Å². The Morgan fingerprint density at radius 3 is 2.42 bits per heavy atom. The summed E-state index contributed by atoms with van der Waals surface area (Å²) in [6.07, 6.45) is 1.07. The molecule has 26 heavy (non-hydrogen) atoms. The van der Waals surface area contributed by atoms with E-state index in [1.165, 1.54) is 0 Å². The molecule has 0 amide bonds. The maximum Gasteiger partial charge on any atom is 0.322 e. The van der Waals surface area contributed by atoms with Crippen LogP contribution in [-0.4, -0.2) is 42.3 Å². The van der Waals surface area contributed by atoms with E-state index < -0.39 is 46.3 Å². The molecule has 0 heterocycles. The second-order valence-electron chi connectivity index (χ2n) is 6.70. The molecule has 0 saturated heterocycles. The lowest BCUT2D eigenvalue weighted by atomic mass is 9.87. The number of benzene rings is 1. The highest BCUT2D eigenvalue weighted by Gasteiger charge is 2.31. The number of aliphatic imine (C=N–C) groups is 1. The molecule has 1 unspecified atom stereocenters. The Balaban J connectivity index is 3.28. The minimum atomic E-state index is -1.48. The van der Waals surface area contributed by atoms with Crippen molar-refractivity contribution in [1.82, 2.24) is 0 Å². The Bertz CT molecular complexity index is 701. The zero-order chi connectivity index (χ0) is 20.1. The van der Waals surface area contributed by atoms with E-state index in [1.807, 2.05) is 20.8 Å². The maximum atomic E-state index is 14.0. The molecular formula is C18H22F2INO4. The normalized spacial score (nSPS) is 14.3. The van der Waals surface area contributed by atoms with Crippen molar-refractivity contribution in [3.8, 4) is 0 Å². The number of hydrogen-bond donors (Lipinski definition) is 1. The largest absolute Gasteiger partial charge is 0.465 e. The number of Topliss-reactive ketones (excluding diaryl/α,β-unsaturated/α-hetero) is 1. The number of aliphatic hydroxyl groups excluding tert-OH is 1. The van der Waals surface area contributed by atoms with E-state index in [4.69, 9.17) is 4.74 Å². The summed E-state index contributed by atoms with van der Waals surface area (Å²) in [6, 6.07) is 1.08. The molecule has 0 bridgehead atoms. The molecule has 1 rings (SSSR count). The quantitative estimate of drug-likeness (QED) is 0.162. The summed E-state index contributed by atoms with van der Waals surface area (Å²) in [5.74, 6) is -5.11. The first-order valence-corrected chi connectivity index (χ1v) is 9.10. The lowest BCUT2D eigenvalue weighted by Crippen LogP contribution is -2.32. The van der Waals surface area contributed by atoms with Gasteiger partial charge < -0.3 is 9.84 Å². The molecule has 0 fully saturated rings. The van der Waals surface area contributed by atoms with Crippen molar-refractivity contribution in [2.24, 2.45) is 16.3 Å². The number of carbonyl (C=O) groups excluding carboxylic acids is 2. The van der Waals surface area contributed by atoms with Gasteiger partial charge in [0.15, 0.2) is 11.7 Å².